The van der Waals surface area contributed by atoms with Crippen molar-refractivity contribution in [2.24, 2.45) is 10.5 Å². The standard InChI is InChI=1S/C15H16Cl4F3N3O/c1-3-4-26-25-12(13(2)7-14(13,18)19)24-23-11-9(16)5-8(6-10(11)17)15(20,21)22/h5-6,23H,3-4,7H2,1-2H3,(H,24,25). The van der Waals surface area contributed by atoms with Crippen LogP contribution in [0.2, 0.25) is 10.0 Å². The lowest BCUT2D eigenvalue weighted by molar-refractivity contribution is -0.137. The van der Waals surface area contributed by atoms with Crippen molar-refractivity contribution in [3.05, 3.63) is 27.7 Å². The fourth-order valence-electron chi connectivity index (χ4n) is 2.09. The van der Waals surface area contributed by atoms with Gasteiger partial charge in [0.05, 0.1) is 33.3 Å². The van der Waals surface area contributed by atoms with Crippen LogP contribution in [0, 0.1) is 5.41 Å². The SMILES string of the molecule is CCCONC(=NNc1c(Cl)cc(C(F)(F)F)cc1Cl)C1(C)CC1(Cl)Cl. The molecule has 1 saturated carbocycles. The molecular formula is C15H16Cl4F3N3O. The average Bonchev–Trinajstić information content (AvgIpc) is 3.02. The van der Waals surface area contributed by atoms with Crippen molar-refractivity contribution >= 4 is 57.9 Å². The molecule has 1 aliphatic rings. The topological polar surface area (TPSA) is 45.6 Å². The summed E-state index contributed by atoms with van der Waals surface area (Å²) in [7, 11) is 0. The van der Waals surface area contributed by atoms with Gasteiger partial charge >= 0.3 is 6.18 Å². The Bertz CT molecular complexity index is 689. The molecule has 0 radical (unpaired) electrons. The summed E-state index contributed by atoms with van der Waals surface area (Å²) in [5.74, 6) is 0.281. The Labute approximate surface area is 168 Å². The quantitative estimate of drug-likeness (QED) is 0.176. The smallest absolute Gasteiger partial charge is 0.275 e. The van der Waals surface area contributed by atoms with Gasteiger partial charge in [0.2, 0.25) is 0 Å². The van der Waals surface area contributed by atoms with Gasteiger partial charge in [-0.2, -0.15) is 18.3 Å². The Balaban J connectivity index is 2.26. The predicted octanol–water partition coefficient (Wildman–Crippen LogP) is 6.25. The maximum atomic E-state index is 12.8. The van der Waals surface area contributed by atoms with Crippen molar-refractivity contribution < 1.29 is 18.0 Å². The zero-order chi connectivity index (χ0) is 19.8. The Morgan fingerprint density at radius 3 is 2.23 bits per heavy atom. The monoisotopic (exact) mass is 451 g/mol. The Morgan fingerprint density at radius 1 is 1.27 bits per heavy atom. The van der Waals surface area contributed by atoms with E-state index < -0.39 is 21.5 Å². The Morgan fingerprint density at radius 2 is 1.81 bits per heavy atom. The summed E-state index contributed by atoms with van der Waals surface area (Å²) in [4.78, 5) is 5.26. The molecule has 0 spiro atoms. The molecule has 146 valence electrons. The van der Waals surface area contributed by atoms with Crippen LogP contribution in [0.1, 0.15) is 32.3 Å². The molecule has 2 rings (SSSR count). The van der Waals surface area contributed by atoms with Crippen LogP contribution in [-0.4, -0.2) is 16.8 Å². The van der Waals surface area contributed by atoms with Gasteiger partial charge in [-0.15, -0.1) is 23.2 Å². The lowest BCUT2D eigenvalue weighted by Gasteiger charge is -2.18. The first-order valence-corrected chi connectivity index (χ1v) is 9.09. The van der Waals surface area contributed by atoms with Crippen molar-refractivity contribution in [1.29, 1.82) is 0 Å². The van der Waals surface area contributed by atoms with E-state index >= 15 is 0 Å². The van der Waals surface area contributed by atoms with E-state index in [2.05, 4.69) is 16.0 Å². The first-order chi connectivity index (χ1) is 11.9. The average molecular weight is 453 g/mol. The first-order valence-electron chi connectivity index (χ1n) is 7.58. The van der Waals surface area contributed by atoms with Gasteiger partial charge in [0.15, 0.2) is 5.84 Å². The minimum Gasteiger partial charge on any atom is -0.275 e. The molecule has 11 heteroatoms. The molecule has 2 N–H and O–H groups in total. The summed E-state index contributed by atoms with van der Waals surface area (Å²) in [6.45, 7) is 4.10. The third kappa shape index (κ3) is 4.62. The summed E-state index contributed by atoms with van der Waals surface area (Å²) in [6.07, 6.45) is -3.39. The zero-order valence-electron chi connectivity index (χ0n) is 13.8. The van der Waals surface area contributed by atoms with Crippen LogP contribution >= 0.6 is 46.4 Å². The number of nitrogens with zero attached hydrogens (tertiary/aromatic N) is 1. The molecule has 0 heterocycles. The number of hydroxylamine groups is 1. The Hall–Kier alpha value is -0.600. The van der Waals surface area contributed by atoms with Gasteiger partial charge in [-0.1, -0.05) is 30.1 Å². The maximum absolute atomic E-state index is 12.8. The van der Waals surface area contributed by atoms with Crippen molar-refractivity contribution in [3.63, 3.8) is 0 Å². The minimum atomic E-state index is -4.56. The maximum Gasteiger partial charge on any atom is 0.416 e. The number of hydrogen-bond acceptors (Lipinski definition) is 3. The molecule has 0 aromatic heterocycles. The molecule has 26 heavy (non-hydrogen) atoms. The fraction of sp³-hybridized carbons (Fsp3) is 0.533. The molecule has 1 atom stereocenters. The van der Waals surface area contributed by atoms with Crippen LogP contribution in [0.4, 0.5) is 18.9 Å². The number of alkyl halides is 5. The first kappa shape index (κ1) is 21.7. The van der Waals surface area contributed by atoms with E-state index in [4.69, 9.17) is 51.2 Å². The van der Waals surface area contributed by atoms with E-state index in [1.165, 1.54) is 0 Å². The van der Waals surface area contributed by atoms with E-state index in [1.807, 2.05) is 6.92 Å². The third-order valence-electron chi connectivity index (χ3n) is 3.90. The number of nitrogens with one attached hydrogen (secondary N) is 2. The van der Waals surface area contributed by atoms with Gasteiger partial charge in [-0.25, -0.2) is 0 Å². The van der Waals surface area contributed by atoms with Crippen LogP contribution in [0.15, 0.2) is 17.2 Å². The van der Waals surface area contributed by atoms with Crippen LogP contribution in [-0.2, 0) is 11.0 Å². The second kappa shape index (κ2) is 7.80. The molecule has 1 aromatic carbocycles. The number of hydrazone groups is 1. The van der Waals surface area contributed by atoms with Crippen LogP contribution in [0.5, 0.6) is 0 Å². The van der Waals surface area contributed by atoms with Gasteiger partial charge in [-0.05, 0) is 31.9 Å². The Kier molecular flexibility index (Phi) is 6.51. The van der Waals surface area contributed by atoms with Crippen LogP contribution in [0.25, 0.3) is 0 Å². The second-order valence-electron chi connectivity index (χ2n) is 6.05. The highest BCUT2D eigenvalue weighted by Gasteiger charge is 2.66. The van der Waals surface area contributed by atoms with Crippen molar-refractivity contribution in [2.45, 2.75) is 37.2 Å². The van der Waals surface area contributed by atoms with E-state index in [0.717, 1.165) is 18.6 Å². The van der Waals surface area contributed by atoms with Gasteiger partial charge in [-0.3, -0.25) is 15.7 Å². The lowest BCUT2D eigenvalue weighted by atomic mass is 10.1. The van der Waals surface area contributed by atoms with E-state index in [0.29, 0.717) is 13.0 Å². The molecule has 0 amide bonds. The number of benzene rings is 1. The van der Waals surface area contributed by atoms with Crippen LogP contribution in [0.3, 0.4) is 0 Å². The molecule has 4 nitrogen and oxygen atoms in total. The highest BCUT2D eigenvalue weighted by molar-refractivity contribution is 6.53. The second-order valence-corrected chi connectivity index (χ2v) is 8.35. The number of halogens is 7. The summed E-state index contributed by atoms with van der Waals surface area (Å²) < 4.78 is 37.3. The van der Waals surface area contributed by atoms with Crippen LogP contribution < -0.4 is 10.9 Å². The lowest BCUT2D eigenvalue weighted by Crippen LogP contribution is -2.34. The largest absolute Gasteiger partial charge is 0.416 e. The molecule has 1 unspecified atom stereocenters. The van der Waals surface area contributed by atoms with Gasteiger partial charge in [0.1, 0.15) is 4.33 Å². The summed E-state index contributed by atoms with van der Waals surface area (Å²) in [5.41, 5.74) is 3.59. The third-order valence-corrected chi connectivity index (χ3v) is 5.60. The number of rotatable bonds is 6. The number of anilines is 1. The highest BCUT2D eigenvalue weighted by Crippen LogP contribution is 2.64. The molecule has 1 aromatic rings. The highest BCUT2D eigenvalue weighted by atomic mass is 35.5. The van der Waals surface area contributed by atoms with E-state index in [9.17, 15) is 13.2 Å². The molecule has 1 fully saturated rings. The molecule has 0 aliphatic heterocycles. The number of hydrogen-bond donors (Lipinski definition) is 2. The summed E-state index contributed by atoms with van der Waals surface area (Å²) >= 11 is 24.1. The van der Waals surface area contributed by atoms with Crippen molar-refractivity contribution in [3.8, 4) is 0 Å². The predicted molar refractivity (Wildman–Crippen MR) is 99.1 cm³/mol. The van der Waals surface area contributed by atoms with E-state index in [1.54, 1.807) is 6.92 Å². The molecular weight excluding hydrogens is 437 g/mol. The van der Waals surface area contributed by atoms with Crippen molar-refractivity contribution in [2.75, 3.05) is 12.0 Å². The van der Waals surface area contributed by atoms with Gasteiger partial charge in [0.25, 0.3) is 0 Å². The summed E-state index contributed by atoms with van der Waals surface area (Å²) in [5, 5.41) is 3.66. The zero-order valence-corrected chi connectivity index (χ0v) is 16.8. The molecule has 1 aliphatic carbocycles. The minimum absolute atomic E-state index is 0.0233. The van der Waals surface area contributed by atoms with E-state index in [-0.39, 0.29) is 21.6 Å². The number of amidine groups is 1. The van der Waals surface area contributed by atoms with Crippen molar-refractivity contribution in [1.82, 2.24) is 5.48 Å². The molecule has 0 bridgehead atoms. The molecule has 0 saturated heterocycles. The summed E-state index contributed by atoms with van der Waals surface area (Å²) in [6, 6.07) is 1.52. The fourth-order valence-corrected chi connectivity index (χ4v) is 3.38. The van der Waals surface area contributed by atoms with Gasteiger partial charge in [0, 0.05) is 0 Å². The van der Waals surface area contributed by atoms with Gasteiger partial charge < -0.3 is 0 Å². The normalized spacial score (nSPS) is 22.3.